The highest BCUT2D eigenvalue weighted by Gasteiger charge is 2.19. The van der Waals surface area contributed by atoms with Crippen LogP contribution >= 0.6 is 0 Å². The summed E-state index contributed by atoms with van der Waals surface area (Å²) >= 11 is 0. The van der Waals surface area contributed by atoms with Crippen LogP contribution in [0.4, 0.5) is 11.4 Å². The van der Waals surface area contributed by atoms with E-state index in [0.29, 0.717) is 41.3 Å². The Hall–Kier alpha value is -3.71. The van der Waals surface area contributed by atoms with Crippen molar-refractivity contribution in [3.63, 3.8) is 0 Å². The van der Waals surface area contributed by atoms with Crippen LogP contribution < -0.4 is 10.1 Å². The minimum absolute atomic E-state index is 0.00164. The van der Waals surface area contributed by atoms with E-state index in [1.165, 1.54) is 6.07 Å². The van der Waals surface area contributed by atoms with Crippen LogP contribution in [0.1, 0.15) is 10.4 Å². The molecule has 0 heterocycles. The van der Waals surface area contributed by atoms with E-state index in [4.69, 9.17) is 4.74 Å². The Bertz CT molecular complexity index is 1040. The van der Waals surface area contributed by atoms with Crippen LogP contribution in [0.15, 0.2) is 72.8 Å². The Morgan fingerprint density at radius 1 is 1.03 bits per heavy atom. The van der Waals surface area contributed by atoms with Crippen LogP contribution in [0.5, 0.6) is 5.75 Å². The predicted octanol–water partition coefficient (Wildman–Crippen LogP) is 4.45. The van der Waals surface area contributed by atoms with Gasteiger partial charge in [0, 0.05) is 18.3 Å². The lowest BCUT2D eigenvalue weighted by molar-refractivity contribution is -0.384. The molecule has 7 heteroatoms. The molecule has 0 aliphatic heterocycles. The van der Waals surface area contributed by atoms with Gasteiger partial charge < -0.3 is 15.0 Å². The highest BCUT2D eigenvalue weighted by Crippen LogP contribution is 2.33. The monoisotopic (exact) mass is 405 g/mol. The van der Waals surface area contributed by atoms with Gasteiger partial charge in [0.15, 0.2) is 0 Å². The van der Waals surface area contributed by atoms with Crippen LogP contribution in [0.3, 0.4) is 0 Å². The molecule has 0 radical (unpaired) electrons. The molecule has 0 bridgehead atoms. The summed E-state index contributed by atoms with van der Waals surface area (Å²) < 4.78 is 5.90. The molecular formula is C23H23N3O4. The Morgan fingerprint density at radius 3 is 2.43 bits per heavy atom. The molecule has 1 amide bonds. The van der Waals surface area contributed by atoms with Gasteiger partial charge in [-0.1, -0.05) is 36.4 Å². The molecule has 0 aliphatic carbocycles. The minimum Gasteiger partial charge on any atom is -0.491 e. The van der Waals surface area contributed by atoms with Gasteiger partial charge in [-0.2, -0.15) is 0 Å². The second-order valence-electron chi connectivity index (χ2n) is 6.96. The highest BCUT2D eigenvalue weighted by atomic mass is 16.6. The Labute approximate surface area is 175 Å². The average molecular weight is 405 g/mol. The van der Waals surface area contributed by atoms with Gasteiger partial charge in [0.2, 0.25) is 0 Å². The zero-order valence-corrected chi connectivity index (χ0v) is 16.9. The Morgan fingerprint density at radius 2 is 1.73 bits per heavy atom. The molecule has 3 aromatic carbocycles. The summed E-state index contributed by atoms with van der Waals surface area (Å²) in [5.41, 5.74) is 2.11. The number of carbonyl (C=O) groups excluding carboxylic acids is 1. The largest absolute Gasteiger partial charge is 0.491 e. The number of hydrogen-bond acceptors (Lipinski definition) is 5. The number of anilines is 1. The third-order valence-corrected chi connectivity index (χ3v) is 4.47. The van der Waals surface area contributed by atoms with Crippen LogP contribution in [0.25, 0.3) is 11.1 Å². The molecule has 154 valence electrons. The zero-order valence-electron chi connectivity index (χ0n) is 16.9. The molecule has 0 atom stereocenters. The van der Waals surface area contributed by atoms with E-state index in [2.05, 4.69) is 5.32 Å². The van der Waals surface area contributed by atoms with Gasteiger partial charge in [-0.25, -0.2) is 0 Å². The Balaban J connectivity index is 1.96. The summed E-state index contributed by atoms with van der Waals surface area (Å²) in [4.78, 5) is 25.8. The summed E-state index contributed by atoms with van der Waals surface area (Å²) in [6.07, 6.45) is 0. The van der Waals surface area contributed by atoms with Crippen LogP contribution in [-0.4, -0.2) is 43.0 Å². The maximum absolute atomic E-state index is 12.8. The molecule has 0 saturated heterocycles. The number of carbonyl (C=O) groups is 1. The number of nitro benzene ring substituents is 1. The molecule has 0 aliphatic rings. The second kappa shape index (κ2) is 9.67. The van der Waals surface area contributed by atoms with Gasteiger partial charge in [0.25, 0.3) is 11.6 Å². The molecule has 7 nitrogen and oxygen atoms in total. The highest BCUT2D eigenvalue weighted by molar-refractivity contribution is 6.06. The molecule has 3 rings (SSSR count). The summed E-state index contributed by atoms with van der Waals surface area (Å²) in [6.45, 7) is 1.04. The molecule has 30 heavy (non-hydrogen) atoms. The molecular weight excluding hydrogens is 382 g/mol. The fourth-order valence-electron chi connectivity index (χ4n) is 2.93. The van der Waals surface area contributed by atoms with E-state index < -0.39 is 4.92 Å². The third-order valence-electron chi connectivity index (χ3n) is 4.47. The molecule has 1 N–H and O–H groups in total. The number of ether oxygens (including phenoxy) is 1. The lowest BCUT2D eigenvalue weighted by Crippen LogP contribution is -2.21. The van der Waals surface area contributed by atoms with E-state index in [1.54, 1.807) is 48.5 Å². The maximum Gasteiger partial charge on any atom is 0.277 e. The average Bonchev–Trinajstić information content (AvgIpc) is 2.74. The normalized spacial score (nSPS) is 10.6. The first-order valence-electron chi connectivity index (χ1n) is 9.47. The van der Waals surface area contributed by atoms with Crippen molar-refractivity contribution in [1.82, 2.24) is 4.90 Å². The van der Waals surface area contributed by atoms with Crippen molar-refractivity contribution in [3.8, 4) is 16.9 Å². The van der Waals surface area contributed by atoms with Crippen LogP contribution in [0.2, 0.25) is 0 Å². The van der Waals surface area contributed by atoms with Crippen molar-refractivity contribution in [1.29, 1.82) is 0 Å². The lowest BCUT2D eigenvalue weighted by Gasteiger charge is -2.15. The topological polar surface area (TPSA) is 84.7 Å². The number of hydrogen-bond donors (Lipinski definition) is 1. The molecule has 0 fully saturated rings. The van der Waals surface area contributed by atoms with E-state index in [0.717, 1.165) is 0 Å². The maximum atomic E-state index is 12.8. The van der Waals surface area contributed by atoms with Gasteiger partial charge in [0.1, 0.15) is 12.4 Å². The number of para-hydroxylation sites is 2. The third kappa shape index (κ3) is 5.21. The SMILES string of the molecule is CN(C)CCOc1cc(-c2ccccc2[N+](=O)[O-])ccc1C(=O)Nc1ccccc1. The van der Waals surface area contributed by atoms with Gasteiger partial charge >= 0.3 is 0 Å². The van der Waals surface area contributed by atoms with Crippen molar-refractivity contribution in [2.75, 3.05) is 32.6 Å². The van der Waals surface area contributed by atoms with E-state index in [9.17, 15) is 14.9 Å². The number of rotatable bonds is 8. The second-order valence-corrected chi connectivity index (χ2v) is 6.96. The first-order chi connectivity index (χ1) is 14.5. The lowest BCUT2D eigenvalue weighted by atomic mass is 10.0. The summed E-state index contributed by atoms with van der Waals surface area (Å²) in [5, 5.41) is 14.3. The fourth-order valence-corrected chi connectivity index (χ4v) is 2.93. The van der Waals surface area contributed by atoms with Crippen molar-refractivity contribution < 1.29 is 14.5 Å². The van der Waals surface area contributed by atoms with Crippen LogP contribution in [0, 0.1) is 10.1 Å². The van der Waals surface area contributed by atoms with E-state index >= 15 is 0 Å². The van der Waals surface area contributed by atoms with Gasteiger partial charge in [-0.05, 0) is 50.0 Å². The standard InChI is InChI=1S/C23H23N3O4/c1-25(2)14-15-30-22-16-17(19-10-6-7-11-21(19)26(28)29)12-13-20(22)23(27)24-18-8-4-3-5-9-18/h3-13,16H,14-15H2,1-2H3,(H,24,27). The number of nitrogens with one attached hydrogen (secondary N) is 1. The van der Waals surface area contributed by atoms with Crippen molar-refractivity contribution >= 4 is 17.3 Å². The number of benzene rings is 3. The van der Waals surface area contributed by atoms with Crippen molar-refractivity contribution in [2.24, 2.45) is 0 Å². The molecule has 0 spiro atoms. The van der Waals surface area contributed by atoms with E-state index in [-0.39, 0.29) is 11.6 Å². The minimum atomic E-state index is -0.419. The fraction of sp³-hybridized carbons (Fsp3) is 0.174. The van der Waals surface area contributed by atoms with E-state index in [1.807, 2.05) is 37.2 Å². The number of amides is 1. The van der Waals surface area contributed by atoms with Crippen LogP contribution in [-0.2, 0) is 0 Å². The van der Waals surface area contributed by atoms with Gasteiger partial charge in [0.05, 0.1) is 16.1 Å². The summed E-state index contributed by atoms with van der Waals surface area (Å²) in [6, 6.07) is 20.6. The molecule has 3 aromatic rings. The van der Waals surface area contributed by atoms with Gasteiger partial charge in [-0.15, -0.1) is 0 Å². The van der Waals surface area contributed by atoms with Crippen molar-refractivity contribution in [2.45, 2.75) is 0 Å². The molecule has 0 aromatic heterocycles. The molecule has 0 unspecified atom stereocenters. The first-order valence-corrected chi connectivity index (χ1v) is 9.47. The zero-order chi connectivity index (χ0) is 21.5. The smallest absolute Gasteiger partial charge is 0.277 e. The first kappa shape index (κ1) is 21.0. The number of nitro groups is 1. The quantitative estimate of drug-likeness (QED) is 0.442. The summed E-state index contributed by atoms with van der Waals surface area (Å²) in [7, 11) is 3.85. The number of likely N-dealkylation sites (N-methyl/N-ethyl adjacent to an activating group) is 1. The molecule has 0 saturated carbocycles. The Kier molecular flexibility index (Phi) is 6.77. The van der Waals surface area contributed by atoms with Crippen molar-refractivity contribution in [3.05, 3.63) is 88.5 Å². The van der Waals surface area contributed by atoms with Gasteiger partial charge in [-0.3, -0.25) is 14.9 Å². The predicted molar refractivity (Wildman–Crippen MR) is 117 cm³/mol. The number of nitrogens with zero attached hydrogens (tertiary/aromatic N) is 2. The summed E-state index contributed by atoms with van der Waals surface area (Å²) in [5.74, 6) is 0.0658.